The number of rotatable bonds is 5. The van der Waals surface area contributed by atoms with Crippen molar-refractivity contribution >= 4 is 23.1 Å². The van der Waals surface area contributed by atoms with Crippen LogP contribution in [0.5, 0.6) is 0 Å². The van der Waals surface area contributed by atoms with Crippen LogP contribution in [-0.2, 0) is 4.79 Å². The summed E-state index contributed by atoms with van der Waals surface area (Å²) < 4.78 is 0. The molecule has 0 bridgehead atoms. The van der Waals surface area contributed by atoms with Crippen LogP contribution in [0.15, 0.2) is 0 Å². The fraction of sp³-hybridized carbons (Fsp3) is 0.857. The third-order valence-corrected chi connectivity index (χ3v) is 4.28. The summed E-state index contributed by atoms with van der Waals surface area (Å²) in [7, 11) is 0. The van der Waals surface area contributed by atoms with Crippen LogP contribution >= 0.6 is 12.2 Å². The van der Waals surface area contributed by atoms with Crippen molar-refractivity contribution < 1.29 is 4.79 Å². The smallest absolute Gasteiger partial charge is 0.230 e. The first-order valence-electron chi connectivity index (χ1n) is 7.05. The van der Waals surface area contributed by atoms with E-state index in [1.54, 1.807) is 0 Å². The molecule has 0 aromatic rings. The maximum absolute atomic E-state index is 12.2. The lowest BCUT2D eigenvalue weighted by molar-refractivity contribution is -0.124. The van der Waals surface area contributed by atoms with E-state index in [1.807, 2.05) is 6.92 Å². The molecular formula is C14H26N2OS. The summed E-state index contributed by atoms with van der Waals surface area (Å²) in [5.41, 5.74) is 5.66. The van der Waals surface area contributed by atoms with E-state index in [0.717, 1.165) is 25.2 Å². The molecule has 1 aliphatic rings. The molecule has 0 radical (unpaired) electrons. The summed E-state index contributed by atoms with van der Waals surface area (Å²) in [4.78, 5) is 12.5. The van der Waals surface area contributed by atoms with Crippen molar-refractivity contribution in [2.24, 2.45) is 23.5 Å². The average molecular weight is 270 g/mol. The lowest BCUT2D eigenvalue weighted by Gasteiger charge is -2.34. The molecule has 0 aromatic heterocycles. The molecule has 0 aromatic carbocycles. The normalized spacial score (nSPS) is 29.6. The minimum absolute atomic E-state index is 0.0238. The van der Waals surface area contributed by atoms with Crippen LogP contribution in [-0.4, -0.2) is 16.9 Å². The Labute approximate surface area is 116 Å². The molecular weight excluding hydrogens is 244 g/mol. The SMILES string of the molecule is CCCC(C(=O)NC1CCC(C)CC1C)C(N)=S. The number of nitrogens with two attached hydrogens (primary N) is 1. The van der Waals surface area contributed by atoms with Gasteiger partial charge in [-0.1, -0.05) is 39.4 Å². The van der Waals surface area contributed by atoms with Crippen LogP contribution < -0.4 is 11.1 Å². The average Bonchev–Trinajstić information content (AvgIpc) is 2.29. The fourth-order valence-corrected chi connectivity index (χ4v) is 3.08. The zero-order valence-corrected chi connectivity index (χ0v) is 12.6. The first kappa shape index (κ1) is 15.4. The third kappa shape index (κ3) is 4.23. The monoisotopic (exact) mass is 270 g/mol. The van der Waals surface area contributed by atoms with Crippen LogP contribution in [0.25, 0.3) is 0 Å². The Balaban J connectivity index is 2.54. The highest BCUT2D eigenvalue weighted by atomic mass is 32.1. The van der Waals surface area contributed by atoms with Gasteiger partial charge in [0.25, 0.3) is 0 Å². The van der Waals surface area contributed by atoms with Crippen LogP contribution in [0.4, 0.5) is 0 Å². The molecule has 1 aliphatic carbocycles. The zero-order chi connectivity index (χ0) is 13.7. The van der Waals surface area contributed by atoms with Crippen LogP contribution in [0.1, 0.15) is 52.9 Å². The number of carbonyl (C=O) groups is 1. The van der Waals surface area contributed by atoms with Gasteiger partial charge in [-0.25, -0.2) is 0 Å². The van der Waals surface area contributed by atoms with E-state index in [-0.39, 0.29) is 11.8 Å². The topological polar surface area (TPSA) is 55.1 Å². The Morgan fingerprint density at radius 1 is 1.44 bits per heavy atom. The van der Waals surface area contributed by atoms with Crippen molar-refractivity contribution in [3.63, 3.8) is 0 Å². The van der Waals surface area contributed by atoms with Gasteiger partial charge in [0.15, 0.2) is 0 Å². The van der Waals surface area contributed by atoms with E-state index in [0.29, 0.717) is 16.9 Å². The Morgan fingerprint density at radius 3 is 2.61 bits per heavy atom. The van der Waals surface area contributed by atoms with Gasteiger partial charge >= 0.3 is 0 Å². The Hall–Kier alpha value is -0.640. The molecule has 104 valence electrons. The molecule has 18 heavy (non-hydrogen) atoms. The van der Waals surface area contributed by atoms with Crippen molar-refractivity contribution in [2.45, 2.75) is 58.9 Å². The van der Waals surface area contributed by atoms with Gasteiger partial charge in [0.05, 0.1) is 10.9 Å². The second-order valence-electron chi connectivity index (χ2n) is 5.75. The maximum atomic E-state index is 12.2. The quantitative estimate of drug-likeness (QED) is 0.755. The van der Waals surface area contributed by atoms with Gasteiger partial charge in [0.1, 0.15) is 0 Å². The van der Waals surface area contributed by atoms with Crippen molar-refractivity contribution in [3.05, 3.63) is 0 Å². The highest BCUT2D eigenvalue weighted by molar-refractivity contribution is 7.80. The molecule has 0 spiro atoms. The first-order chi connectivity index (χ1) is 8.45. The molecule has 1 saturated carbocycles. The summed E-state index contributed by atoms with van der Waals surface area (Å²) in [5, 5.41) is 3.15. The molecule has 0 heterocycles. The van der Waals surface area contributed by atoms with Crippen LogP contribution in [0, 0.1) is 17.8 Å². The van der Waals surface area contributed by atoms with Gasteiger partial charge in [-0.15, -0.1) is 0 Å². The lowest BCUT2D eigenvalue weighted by Crippen LogP contribution is -2.47. The Morgan fingerprint density at radius 2 is 2.11 bits per heavy atom. The zero-order valence-electron chi connectivity index (χ0n) is 11.7. The molecule has 0 saturated heterocycles. The summed E-state index contributed by atoms with van der Waals surface area (Å²) in [6, 6.07) is 0.294. The van der Waals surface area contributed by atoms with Gasteiger partial charge in [0.2, 0.25) is 5.91 Å². The Kier molecular flexibility index (Phi) is 6.06. The second kappa shape index (κ2) is 7.07. The third-order valence-electron chi connectivity index (χ3n) is 4.00. The molecule has 0 aliphatic heterocycles. The van der Waals surface area contributed by atoms with Crippen molar-refractivity contribution in [1.82, 2.24) is 5.32 Å². The molecule has 3 N–H and O–H groups in total. The second-order valence-corrected chi connectivity index (χ2v) is 6.23. The van der Waals surface area contributed by atoms with E-state index in [1.165, 1.54) is 12.8 Å². The number of hydrogen-bond donors (Lipinski definition) is 2. The Bertz CT molecular complexity index is 306. The van der Waals surface area contributed by atoms with Gasteiger partial charge in [-0.2, -0.15) is 0 Å². The van der Waals surface area contributed by atoms with Crippen molar-refractivity contribution in [3.8, 4) is 0 Å². The predicted molar refractivity (Wildman–Crippen MR) is 79.3 cm³/mol. The maximum Gasteiger partial charge on any atom is 0.230 e. The minimum atomic E-state index is -0.295. The van der Waals surface area contributed by atoms with E-state index in [9.17, 15) is 4.79 Å². The first-order valence-corrected chi connectivity index (χ1v) is 7.46. The summed E-state index contributed by atoms with van der Waals surface area (Å²) >= 11 is 4.99. The largest absolute Gasteiger partial charge is 0.393 e. The van der Waals surface area contributed by atoms with E-state index in [4.69, 9.17) is 18.0 Å². The highest BCUT2D eigenvalue weighted by Gasteiger charge is 2.29. The molecule has 3 nitrogen and oxygen atoms in total. The highest BCUT2D eigenvalue weighted by Crippen LogP contribution is 2.28. The lowest BCUT2D eigenvalue weighted by atomic mass is 9.79. The fourth-order valence-electron chi connectivity index (χ4n) is 2.85. The molecule has 4 unspecified atom stereocenters. The number of thiocarbonyl (C=S) groups is 1. The van der Waals surface area contributed by atoms with E-state index >= 15 is 0 Å². The van der Waals surface area contributed by atoms with Gasteiger partial charge in [-0.3, -0.25) is 4.79 Å². The van der Waals surface area contributed by atoms with Gasteiger partial charge < -0.3 is 11.1 Å². The minimum Gasteiger partial charge on any atom is -0.393 e. The predicted octanol–water partition coefficient (Wildman–Crippen LogP) is 2.63. The molecule has 4 heteroatoms. The summed E-state index contributed by atoms with van der Waals surface area (Å²) in [6.07, 6.45) is 5.13. The molecule has 1 amide bonds. The van der Waals surface area contributed by atoms with Crippen molar-refractivity contribution in [1.29, 1.82) is 0 Å². The van der Waals surface area contributed by atoms with Crippen LogP contribution in [0.2, 0.25) is 0 Å². The summed E-state index contributed by atoms with van der Waals surface area (Å²) in [5.74, 6) is 1.05. The van der Waals surface area contributed by atoms with E-state index in [2.05, 4.69) is 19.2 Å². The summed E-state index contributed by atoms with van der Waals surface area (Å²) in [6.45, 7) is 6.54. The number of nitrogens with one attached hydrogen (secondary N) is 1. The standard InChI is InChI=1S/C14H26N2OS/c1-4-5-11(13(15)18)14(17)16-12-7-6-9(2)8-10(12)3/h9-12H,4-8H2,1-3H3,(H2,15,18)(H,16,17). The number of carbonyl (C=O) groups excluding carboxylic acids is 1. The molecule has 1 rings (SSSR count). The van der Waals surface area contributed by atoms with Crippen molar-refractivity contribution in [2.75, 3.05) is 0 Å². The van der Waals surface area contributed by atoms with E-state index < -0.39 is 0 Å². The molecule has 1 fully saturated rings. The van der Waals surface area contributed by atoms with Gasteiger partial charge in [0, 0.05) is 6.04 Å². The number of amides is 1. The van der Waals surface area contributed by atoms with Gasteiger partial charge in [-0.05, 0) is 37.5 Å². The number of hydrogen-bond acceptors (Lipinski definition) is 2. The molecule has 4 atom stereocenters. The van der Waals surface area contributed by atoms with Crippen LogP contribution in [0.3, 0.4) is 0 Å².